The second kappa shape index (κ2) is 12.1. The number of ether oxygens (including phenoxy) is 1. The molecule has 4 aromatic rings. The summed E-state index contributed by atoms with van der Waals surface area (Å²) in [6.45, 7) is 8.00. The lowest BCUT2D eigenvalue weighted by Gasteiger charge is -2.14. The second-order valence-corrected chi connectivity index (χ2v) is 10.2. The Hall–Kier alpha value is -4.21. The van der Waals surface area contributed by atoms with Gasteiger partial charge < -0.3 is 14.6 Å². The molecule has 0 aliphatic rings. The van der Waals surface area contributed by atoms with Crippen LogP contribution in [0.5, 0.6) is 5.75 Å². The number of carbonyl (C=O) groups is 2. The van der Waals surface area contributed by atoms with E-state index < -0.39 is 29.0 Å². The van der Waals surface area contributed by atoms with E-state index in [2.05, 4.69) is 10.3 Å². The maximum Gasteiger partial charge on any atom is 0.417 e. The number of methoxy groups -OCH3 is 1. The van der Waals surface area contributed by atoms with Crippen LogP contribution < -0.4 is 10.1 Å². The molecule has 0 fully saturated rings. The minimum atomic E-state index is -4.76. The van der Waals surface area contributed by atoms with Crippen molar-refractivity contribution >= 4 is 22.7 Å². The fourth-order valence-electron chi connectivity index (χ4n) is 4.75. The Balaban J connectivity index is 1.95. The van der Waals surface area contributed by atoms with Crippen molar-refractivity contribution in [2.24, 2.45) is 0 Å². The third-order valence-electron chi connectivity index (χ3n) is 6.88. The number of hydrogen-bond acceptors (Lipinski definition) is 5. The molecule has 0 atom stereocenters. The highest BCUT2D eigenvalue weighted by molar-refractivity contribution is 6.22. The molecular formula is C31H33F3N4O3. The topological polar surface area (TPSA) is 86.1 Å². The summed E-state index contributed by atoms with van der Waals surface area (Å²) in [7, 11) is 1.55. The number of ketones is 1. The number of fused-ring (bicyclic) bond motifs is 1. The van der Waals surface area contributed by atoms with Crippen LogP contribution in [0.1, 0.15) is 88.6 Å². The molecule has 2 aromatic carbocycles. The van der Waals surface area contributed by atoms with E-state index in [4.69, 9.17) is 9.72 Å². The van der Waals surface area contributed by atoms with Crippen molar-refractivity contribution in [3.63, 3.8) is 0 Å². The summed E-state index contributed by atoms with van der Waals surface area (Å²) in [5, 5.41) is 3.14. The largest absolute Gasteiger partial charge is 0.497 e. The van der Waals surface area contributed by atoms with Gasteiger partial charge in [-0.3, -0.25) is 9.59 Å². The SMILES string of the molecule is CCCCn1c(C(=O)NCc2ccc(OC)cc2)c(C(=O)c2ccccc2C(F)(F)F)c2c(C)nc(C(C)C)nc21. The zero-order chi connectivity index (χ0) is 29.9. The van der Waals surface area contributed by atoms with Gasteiger partial charge in [-0.2, -0.15) is 13.2 Å². The first-order valence-corrected chi connectivity index (χ1v) is 13.5. The van der Waals surface area contributed by atoms with Gasteiger partial charge in [0.1, 0.15) is 22.9 Å². The van der Waals surface area contributed by atoms with Crippen LogP contribution in [0, 0.1) is 6.92 Å². The predicted octanol–water partition coefficient (Wildman–Crippen LogP) is 6.85. The molecule has 2 aromatic heterocycles. The van der Waals surface area contributed by atoms with Gasteiger partial charge in [0.15, 0.2) is 5.78 Å². The zero-order valence-corrected chi connectivity index (χ0v) is 23.7. The molecule has 1 N–H and O–H groups in total. The lowest BCUT2D eigenvalue weighted by Crippen LogP contribution is -2.28. The second-order valence-electron chi connectivity index (χ2n) is 10.2. The smallest absolute Gasteiger partial charge is 0.417 e. The number of amides is 1. The quantitative estimate of drug-likeness (QED) is 0.212. The Morgan fingerprint density at radius 3 is 2.34 bits per heavy atom. The number of alkyl halides is 3. The first kappa shape index (κ1) is 29.8. The van der Waals surface area contributed by atoms with Gasteiger partial charge in [-0.1, -0.05) is 57.5 Å². The monoisotopic (exact) mass is 566 g/mol. The van der Waals surface area contributed by atoms with Crippen molar-refractivity contribution in [3.05, 3.63) is 88.0 Å². The van der Waals surface area contributed by atoms with Crippen LogP contribution in [-0.4, -0.2) is 33.3 Å². The molecule has 7 nitrogen and oxygen atoms in total. The molecule has 4 rings (SSSR count). The minimum absolute atomic E-state index is 0.0257. The number of nitrogens with zero attached hydrogens (tertiary/aromatic N) is 3. The molecule has 0 aliphatic heterocycles. The van der Waals surface area contributed by atoms with E-state index in [0.717, 1.165) is 24.1 Å². The normalized spacial score (nSPS) is 11.7. The molecule has 0 saturated carbocycles. The summed E-state index contributed by atoms with van der Waals surface area (Å²) >= 11 is 0. The number of hydrogen-bond donors (Lipinski definition) is 1. The average molecular weight is 567 g/mol. The molecule has 216 valence electrons. The third kappa shape index (κ3) is 6.11. The molecule has 2 heterocycles. The maximum absolute atomic E-state index is 14.1. The summed E-state index contributed by atoms with van der Waals surface area (Å²) in [5.74, 6) is -0.369. The van der Waals surface area contributed by atoms with E-state index in [-0.39, 0.29) is 29.1 Å². The van der Waals surface area contributed by atoms with Gasteiger partial charge in [0.2, 0.25) is 0 Å². The van der Waals surface area contributed by atoms with Gasteiger partial charge in [-0.25, -0.2) is 9.97 Å². The van der Waals surface area contributed by atoms with Crippen LogP contribution in [0.4, 0.5) is 13.2 Å². The van der Waals surface area contributed by atoms with Crippen LogP contribution >= 0.6 is 0 Å². The van der Waals surface area contributed by atoms with Gasteiger partial charge in [0.25, 0.3) is 5.91 Å². The van der Waals surface area contributed by atoms with E-state index in [1.54, 1.807) is 42.9 Å². The summed E-state index contributed by atoms with van der Waals surface area (Å²) in [5.41, 5.74) is -0.200. The van der Waals surface area contributed by atoms with Crippen LogP contribution in [0.2, 0.25) is 0 Å². The number of unbranched alkanes of at least 4 members (excludes halogenated alkanes) is 1. The molecule has 1 amide bonds. The Morgan fingerprint density at radius 1 is 1.05 bits per heavy atom. The van der Waals surface area contributed by atoms with Gasteiger partial charge >= 0.3 is 6.18 Å². The maximum atomic E-state index is 14.1. The highest BCUT2D eigenvalue weighted by atomic mass is 19.4. The van der Waals surface area contributed by atoms with E-state index >= 15 is 0 Å². The van der Waals surface area contributed by atoms with Crippen molar-refractivity contribution in [1.82, 2.24) is 19.9 Å². The van der Waals surface area contributed by atoms with Crippen LogP contribution in [0.3, 0.4) is 0 Å². The van der Waals surface area contributed by atoms with Gasteiger partial charge in [-0.15, -0.1) is 0 Å². The van der Waals surface area contributed by atoms with Gasteiger partial charge in [-0.05, 0) is 37.1 Å². The summed E-state index contributed by atoms with van der Waals surface area (Å²) in [6.07, 6.45) is -3.32. The first-order valence-electron chi connectivity index (χ1n) is 13.5. The molecule has 0 radical (unpaired) electrons. The van der Waals surface area contributed by atoms with Crippen molar-refractivity contribution in [2.45, 2.75) is 65.7 Å². The van der Waals surface area contributed by atoms with E-state index in [1.807, 2.05) is 20.8 Å². The van der Waals surface area contributed by atoms with Crippen LogP contribution in [0.25, 0.3) is 11.0 Å². The Kier molecular flexibility index (Phi) is 8.80. The molecule has 0 unspecified atom stereocenters. The van der Waals surface area contributed by atoms with Gasteiger partial charge in [0.05, 0.1) is 29.3 Å². The van der Waals surface area contributed by atoms with Crippen molar-refractivity contribution < 1.29 is 27.5 Å². The lowest BCUT2D eigenvalue weighted by molar-refractivity contribution is -0.137. The number of rotatable bonds is 10. The fourth-order valence-corrected chi connectivity index (χ4v) is 4.75. The van der Waals surface area contributed by atoms with Crippen molar-refractivity contribution in [1.29, 1.82) is 0 Å². The lowest BCUT2D eigenvalue weighted by atomic mass is 9.95. The highest BCUT2D eigenvalue weighted by Gasteiger charge is 2.38. The van der Waals surface area contributed by atoms with Gasteiger partial charge in [0, 0.05) is 24.6 Å². The van der Waals surface area contributed by atoms with Crippen molar-refractivity contribution in [3.8, 4) is 5.75 Å². The Labute approximate surface area is 236 Å². The Morgan fingerprint density at radius 2 is 1.73 bits per heavy atom. The summed E-state index contributed by atoms with van der Waals surface area (Å²) < 4.78 is 48.8. The summed E-state index contributed by atoms with van der Waals surface area (Å²) in [6, 6.07) is 11.7. The Bertz CT molecular complexity index is 1570. The molecule has 0 aliphatic carbocycles. The van der Waals surface area contributed by atoms with Crippen LogP contribution in [-0.2, 0) is 19.3 Å². The predicted molar refractivity (Wildman–Crippen MR) is 150 cm³/mol. The number of benzene rings is 2. The molecule has 41 heavy (non-hydrogen) atoms. The standard InChI is InChI=1S/C31H33F3N4O3/c1-6-7-16-38-26(30(40)35-17-20-12-14-21(41-5)15-13-20)25(24-19(4)36-28(18(2)3)37-29(24)38)27(39)22-10-8-9-11-23(22)31(32,33)34/h8-15,18H,6-7,16-17H2,1-5H3,(H,35,40). The molecule has 10 heteroatoms. The highest BCUT2D eigenvalue weighted by Crippen LogP contribution is 2.36. The average Bonchev–Trinajstić information content (AvgIpc) is 3.28. The van der Waals surface area contributed by atoms with E-state index in [9.17, 15) is 22.8 Å². The third-order valence-corrected chi connectivity index (χ3v) is 6.88. The fraction of sp³-hybridized carbons (Fsp3) is 0.355. The van der Waals surface area contributed by atoms with Crippen LogP contribution in [0.15, 0.2) is 48.5 Å². The summed E-state index contributed by atoms with van der Waals surface area (Å²) in [4.78, 5) is 37.3. The first-order chi connectivity index (χ1) is 19.5. The zero-order valence-electron chi connectivity index (χ0n) is 23.7. The molecule has 0 bridgehead atoms. The number of carbonyl (C=O) groups excluding carboxylic acids is 2. The molecule has 0 saturated heterocycles. The minimum Gasteiger partial charge on any atom is -0.497 e. The number of aryl methyl sites for hydroxylation is 2. The van der Waals surface area contributed by atoms with E-state index in [1.165, 1.54) is 12.1 Å². The number of nitrogens with one attached hydrogen (secondary N) is 1. The molecule has 0 spiro atoms. The number of halogens is 3. The molecular weight excluding hydrogens is 533 g/mol. The van der Waals surface area contributed by atoms with E-state index in [0.29, 0.717) is 35.9 Å². The number of aromatic nitrogens is 3. The van der Waals surface area contributed by atoms with Crippen molar-refractivity contribution in [2.75, 3.05) is 7.11 Å².